The Morgan fingerprint density at radius 1 is 0.403 bits per heavy atom. The van der Waals surface area contributed by atoms with Crippen LogP contribution < -0.4 is 5.32 Å². The van der Waals surface area contributed by atoms with Gasteiger partial charge >= 0.3 is 0 Å². The van der Waals surface area contributed by atoms with Gasteiger partial charge in [0.25, 0.3) is 0 Å². The van der Waals surface area contributed by atoms with Crippen molar-refractivity contribution in [2.24, 2.45) is 0 Å². The van der Waals surface area contributed by atoms with Crippen LogP contribution >= 0.6 is 0 Å². The largest absolute Gasteiger partial charge is 0.380 e. The Morgan fingerprint density at radius 2 is 0.871 bits per heavy atom. The molecule has 1 unspecified atom stereocenters. The molecule has 0 fully saturated rings. The third-order valence-electron chi connectivity index (χ3n) is 13.2. The lowest BCUT2D eigenvalue weighted by atomic mass is 9.97. The van der Waals surface area contributed by atoms with Crippen molar-refractivity contribution in [3.05, 3.63) is 212 Å². The smallest absolute Gasteiger partial charge is 0.142 e. The summed E-state index contributed by atoms with van der Waals surface area (Å²) in [6.07, 6.45) is 13.1. The van der Waals surface area contributed by atoms with Gasteiger partial charge in [0, 0.05) is 60.8 Å². The lowest BCUT2D eigenvalue weighted by Crippen LogP contribution is -2.28. The minimum absolute atomic E-state index is 0.104. The molecule has 0 saturated heterocycles. The summed E-state index contributed by atoms with van der Waals surface area (Å²) in [5.74, 6) is 1.71. The zero-order chi connectivity index (χ0) is 40.5. The lowest BCUT2D eigenvalue weighted by molar-refractivity contribution is 0.791. The average molecular weight is 793 g/mol. The van der Waals surface area contributed by atoms with Crippen LogP contribution in [-0.4, -0.2) is 29.3 Å². The average Bonchev–Trinajstić information content (AvgIpc) is 4.06. The quantitative estimate of drug-likeness (QED) is 0.193. The number of rotatable bonds is 4. The van der Waals surface area contributed by atoms with E-state index in [4.69, 9.17) is 4.98 Å². The predicted octanol–water partition coefficient (Wildman–Crippen LogP) is 13.3. The highest BCUT2D eigenvalue weighted by Gasteiger charge is 2.26. The summed E-state index contributed by atoms with van der Waals surface area (Å²) < 4.78 is 9.65. The summed E-state index contributed by atoms with van der Waals surface area (Å²) in [7, 11) is 0. The van der Waals surface area contributed by atoms with Crippen LogP contribution in [0.4, 0.5) is 0 Å². The molecule has 290 valence electrons. The molecule has 6 heteroatoms. The maximum Gasteiger partial charge on any atom is 0.142 e. The van der Waals surface area contributed by atoms with Crippen LogP contribution in [0.3, 0.4) is 0 Å². The molecule has 1 aliphatic heterocycles. The highest BCUT2D eigenvalue weighted by molar-refractivity contribution is 6.27. The van der Waals surface area contributed by atoms with Gasteiger partial charge in [-0.2, -0.15) is 0 Å². The van der Waals surface area contributed by atoms with E-state index in [1.807, 2.05) is 0 Å². The first kappa shape index (κ1) is 33.5. The molecule has 0 amide bonds. The summed E-state index contributed by atoms with van der Waals surface area (Å²) in [5.41, 5.74) is 12.6. The summed E-state index contributed by atoms with van der Waals surface area (Å²) in [6.45, 7) is 0. The molecule has 1 N–H and O–H groups in total. The number of hydrogen-bond donors (Lipinski definition) is 1. The normalized spacial score (nSPS) is 15.1. The van der Waals surface area contributed by atoms with Crippen molar-refractivity contribution in [1.82, 2.24) is 28.6 Å². The third-order valence-corrected chi connectivity index (χ3v) is 13.2. The van der Waals surface area contributed by atoms with E-state index in [1.165, 1.54) is 65.4 Å². The molecule has 5 aromatic heterocycles. The van der Waals surface area contributed by atoms with E-state index in [2.05, 4.69) is 230 Å². The second kappa shape index (κ2) is 12.6. The Kier molecular flexibility index (Phi) is 6.79. The maximum atomic E-state index is 5.66. The fraction of sp³-hybridized carbons (Fsp3) is 0.0179. The molecule has 6 nitrogen and oxygen atoms in total. The molecule has 0 saturated carbocycles. The van der Waals surface area contributed by atoms with Crippen molar-refractivity contribution < 1.29 is 0 Å². The second-order valence-electron chi connectivity index (χ2n) is 16.4. The number of para-hydroxylation sites is 6. The van der Waals surface area contributed by atoms with Crippen molar-refractivity contribution in [3.8, 4) is 17.3 Å². The first-order valence-electron chi connectivity index (χ1n) is 21.3. The molecule has 2 aliphatic rings. The van der Waals surface area contributed by atoms with Gasteiger partial charge in [0.05, 0.1) is 61.6 Å². The molecular weight excluding hydrogens is 757 g/mol. The summed E-state index contributed by atoms with van der Waals surface area (Å²) in [6, 6.07) is 61.8. The number of pyridine rings is 1. The Balaban J connectivity index is 1.14. The van der Waals surface area contributed by atoms with Gasteiger partial charge in [0.15, 0.2) is 0 Å². The maximum absolute atomic E-state index is 5.66. The summed E-state index contributed by atoms with van der Waals surface area (Å²) in [5, 5.41) is 13.3. The number of dihydropyridines is 1. The molecule has 12 aromatic rings. The first-order valence-corrected chi connectivity index (χ1v) is 21.3. The molecule has 6 heterocycles. The second-order valence-corrected chi connectivity index (χ2v) is 16.4. The van der Waals surface area contributed by atoms with Crippen molar-refractivity contribution in [2.75, 3.05) is 0 Å². The number of aromatic nitrogens is 5. The molecule has 0 bridgehead atoms. The van der Waals surface area contributed by atoms with E-state index in [9.17, 15) is 0 Å². The van der Waals surface area contributed by atoms with Crippen LogP contribution in [-0.2, 0) is 0 Å². The molecule has 1 aliphatic carbocycles. The monoisotopic (exact) mass is 792 g/mol. The van der Waals surface area contributed by atoms with Gasteiger partial charge in [-0.3, -0.25) is 9.13 Å². The van der Waals surface area contributed by atoms with Crippen molar-refractivity contribution in [2.45, 2.75) is 6.04 Å². The van der Waals surface area contributed by atoms with Crippen LogP contribution in [0, 0.1) is 0 Å². The van der Waals surface area contributed by atoms with Gasteiger partial charge in [-0.25, -0.2) is 4.98 Å². The van der Waals surface area contributed by atoms with Gasteiger partial charge in [-0.15, -0.1) is 0 Å². The van der Waals surface area contributed by atoms with Crippen LogP contribution in [0.1, 0.15) is 0 Å². The van der Waals surface area contributed by atoms with Crippen molar-refractivity contribution in [1.29, 1.82) is 0 Å². The van der Waals surface area contributed by atoms with Crippen molar-refractivity contribution >= 4 is 92.9 Å². The van der Waals surface area contributed by atoms with Crippen LogP contribution in [0.5, 0.6) is 0 Å². The number of benzene rings is 7. The zero-order valence-corrected chi connectivity index (χ0v) is 33.4. The fourth-order valence-electron chi connectivity index (χ4n) is 10.7. The molecule has 14 rings (SSSR count). The number of allylic oxidation sites excluding steroid dienone is 4. The van der Waals surface area contributed by atoms with E-state index < -0.39 is 0 Å². The fourth-order valence-corrected chi connectivity index (χ4v) is 10.7. The molecular formula is C56H36N6. The summed E-state index contributed by atoms with van der Waals surface area (Å²) >= 11 is 0. The minimum Gasteiger partial charge on any atom is -0.380 e. The Hall–Kier alpha value is -8.35. The van der Waals surface area contributed by atoms with Gasteiger partial charge in [0.1, 0.15) is 11.6 Å². The third kappa shape index (κ3) is 4.50. The van der Waals surface area contributed by atoms with E-state index in [0.717, 1.165) is 50.4 Å². The molecule has 7 aromatic carbocycles. The van der Waals surface area contributed by atoms with Crippen LogP contribution in [0.2, 0.25) is 0 Å². The van der Waals surface area contributed by atoms with E-state index in [0.29, 0.717) is 0 Å². The van der Waals surface area contributed by atoms with Crippen LogP contribution in [0.25, 0.3) is 110 Å². The minimum atomic E-state index is 0.104. The highest BCUT2D eigenvalue weighted by atomic mass is 15.2. The molecule has 0 radical (unpaired) electrons. The predicted molar refractivity (Wildman–Crippen MR) is 258 cm³/mol. The molecule has 1 atom stereocenters. The van der Waals surface area contributed by atoms with Crippen molar-refractivity contribution in [3.63, 3.8) is 0 Å². The molecule has 0 spiro atoms. The standard InChI is InChI=1S/C56H36N6/c1-8-22-44-42(20-1)51(31-32-57-44)62-49-27-13-6-19-40(49)41-29-30-52-55(56(41)62)43-21-7-14-28-50(43)59(52)35-33-53(60-45-23-9-2-15-36(45)37-16-3-10-24-46(37)60)58-54(34-35)61-47-25-11-4-17-38(47)39-18-5-12-26-48(39)61/h1-34,44,57H. The number of hydrogen-bond acceptors (Lipinski definition) is 2. The van der Waals surface area contributed by atoms with E-state index in [-0.39, 0.29) is 6.04 Å². The van der Waals surface area contributed by atoms with Gasteiger partial charge in [-0.1, -0.05) is 140 Å². The Labute approximate surface area is 355 Å². The van der Waals surface area contributed by atoms with E-state index in [1.54, 1.807) is 0 Å². The number of nitrogens with one attached hydrogen (secondary N) is 1. The summed E-state index contributed by atoms with van der Waals surface area (Å²) in [4.78, 5) is 5.66. The topological polar surface area (TPSA) is 44.6 Å². The Morgan fingerprint density at radius 3 is 1.42 bits per heavy atom. The number of fused-ring (bicyclic) bond motifs is 14. The molecule has 62 heavy (non-hydrogen) atoms. The zero-order valence-electron chi connectivity index (χ0n) is 33.4. The SMILES string of the molecule is C1=CC2=C(n3c4ccccc4c4ccc5c(c6ccccc6n5-c5cc(-n6c7ccccc7c7ccccc76)nc(-n6c7ccccc7c7ccccc76)c5)c43)C=CNC2C=C1. The highest BCUT2D eigenvalue weighted by Crippen LogP contribution is 2.44. The lowest BCUT2D eigenvalue weighted by Gasteiger charge is -2.25. The van der Waals surface area contributed by atoms with Gasteiger partial charge in [-0.05, 0) is 54.7 Å². The number of nitrogens with zero attached hydrogens (tertiary/aromatic N) is 5. The first-order chi connectivity index (χ1) is 30.8. The van der Waals surface area contributed by atoms with Gasteiger partial charge in [0.2, 0.25) is 0 Å². The Bertz CT molecular complexity index is 3790. The van der Waals surface area contributed by atoms with E-state index >= 15 is 0 Å². The van der Waals surface area contributed by atoms with Gasteiger partial charge < -0.3 is 14.5 Å². The van der Waals surface area contributed by atoms with Crippen LogP contribution in [0.15, 0.2) is 212 Å².